The summed E-state index contributed by atoms with van der Waals surface area (Å²) in [7, 11) is 0. The van der Waals surface area contributed by atoms with Crippen molar-refractivity contribution in [1.82, 2.24) is 9.97 Å². The molecule has 1 saturated carbocycles. The number of rotatable bonds is 8. The molecular weight excluding hydrogens is 387 g/mol. The van der Waals surface area contributed by atoms with E-state index in [1.165, 1.54) is 24.8 Å². The number of alkyl halides is 1. The van der Waals surface area contributed by atoms with Crippen molar-refractivity contribution in [2.45, 2.75) is 76.9 Å². The molecular formula is C26H33FN4. The van der Waals surface area contributed by atoms with Crippen LogP contribution >= 0.6 is 0 Å². The van der Waals surface area contributed by atoms with Crippen LogP contribution in [0.25, 0.3) is 10.9 Å². The van der Waals surface area contributed by atoms with Crippen molar-refractivity contribution >= 4 is 28.4 Å². The Morgan fingerprint density at radius 3 is 2.65 bits per heavy atom. The lowest BCUT2D eigenvalue weighted by molar-refractivity contribution is 0.124. The fourth-order valence-electron chi connectivity index (χ4n) is 4.31. The van der Waals surface area contributed by atoms with Crippen molar-refractivity contribution < 1.29 is 4.39 Å². The van der Waals surface area contributed by atoms with Gasteiger partial charge in [0.2, 0.25) is 5.95 Å². The molecule has 0 saturated heterocycles. The van der Waals surface area contributed by atoms with E-state index in [1.54, 1.807) is 6.92 Å². The molecule has 2 aromatic carbocycles. The summed E-state index contributed by atoms with van der Waals surface area (Å²) in [6.07, 6.45) is 7.58. The van der Waals surface area contributed by atoms with E-state index in [0.29, 0.717) is 18.8 Å². The number of para-hydroxylation sites is 1. The number of anilines is 3. The van der Waals surface area contributed by atoms with Crippen molar-refractivity contribution in [2.75, 3.05) is 10.6 Å². The quantitative estimate of drug-likeness (QED) is 0.379. The number of unbranched alkanes of at least 4 members (excludes halogenated alkanes) is 2. The van der Waals surface area contributed by atoms with Crippen LogP contribution in [0.5, 0.6) is 0 Å². The Hall–Kier alpha value is -2.69. The number of nitrogens with one attached hydrogen (secondary N) is 2. The maximum Gasteiger partial charge on any atom is 0.229 e. The van der Waals surface area contributed by atoms with Crippen LogP contribution in [0.3, 0.4) is 0 Å². The number of hydrogen-bond acceptors (Lipinski definition) is 4. The van der Waals surface area contributed by atoms with E-state index in [0.717, 1.165) is 41.7 Å². The molecule has 0 aliphatic heterocycles. The van der Waals surface area contributed by atoms with Crippen LogP contribution in [0.2, 0.25) is 0 Å². The van der Waals surface area contributed by atoms with Gasteiger partial charge in [-0.2, -0.15) is 4.98 Å². The molecule has 0 atom stereocenters. The van der Waals surface area contributed by atoms with Gasteiger partial charge in [0.25, 0.3) is 0 Å². The van der Waals surface area contributed by atoms with Gasteiger partial charge >= 0.3 is 0 Å². The maximum absolute atomic E-state index is 14.2. The lowest BCUT2D eigenvalue weighted by atomic mass is 9.85. The zero-order chi connectivity index (χ0) is 21.7. The highest BCUT2D eigenvalue weighted by atomic mass is 19.1. The van der Waals surface area contributed by atoms with Gasteiger partial charge < -0.3 is 10.6 Å². The first-order valence-electron chi connectivity index (χ1n) is 11.6. The van der Waals surface area contributed by atoms with Gasteiger partial charge in [0.1, 0.15) is 11.5 Å². The highest BCUT2D eigenvalue weighted by Gasteiger charge is 2.31. The van der Waals surface area contributed by atoms with E-state index < -0.39 is 5.67 Å². The molecule has 31 heavy (non-hydrogen) atoms. The van der Waals surface area contributed by atoms with E-state index in [9.17, 15) is 4.39 Å². The predicted octanol–water partition coefficient (Wildman–Crippen LogP) is 7.19. The van der Waals surface area contributed by atoms with Gasteiger partial charge in [0.05, 0.1) is 5.52 Å². The summed E-state index contributed by atoms with van der Waals surface area (Å²) in [6.45, 7) is 3.94. The molecule has 1 aromatic heterocycles. The van der Waals surface area contributed by atoms with Gasteiger partial charge in [0, 0.05) is 17.1 Å². The van der Waals surface area contributed by atoms with Crippen LogP contribution in [0.4, 0.5) is 21.8 Å². The maximum atomic E-state index is 14.2. The summed E-state index contributed by atoms with van der Waals surface area (Å²) >= 11 is 0. The zero-order valence-electron chi connectivity index (χ0n) is 18.6. The standard InChI is InChI=1S/C26H33FN4/c1-3-4-5-9-19-10-8-11-21(18-19)29-25-30-23-13-7-6-12-22(23)24(31-25)28-20-14-16-26(2,27)17-15-20/h6-8,10-13,18,20H,3-5,9,14-17H2,1-2H3,(H2,28,29,30,31). The normalized spacial score (nSPS) is 21.2. The van der Waals surface area contributed by atoms with Crippen molar-refractivity contribution in [1.29, 1.82) is 0 Å². The highest BCUT2D eigenvalue weighted by Crippen LogP contribution is 2.33. The Kier molecular flexibility index (Phi) is 6.69. The zero-order valence-corrected chi connectivity index (χ0v) is 18.6. The fourth-order valence-corrected chi connectivity index (χ4v) is 4.31. The lowest BCUT2D eigenvalue weighted by Gasteiger charge is -2.32. The fraction of sp³-hybridized carbons (Fsp3) is 0.462. The van der Waals surface area contributed by atoms with Gasteiger partial charge in [-0.3, -0.25) is 0 Å². The Morgan fingerprint density at radius 2 is 1.84 bits per heavy atom. The van der Waals surface area contributed by atoms with Gasteiger partial charge in [-0.25, -0.2) is 9.37 Å². The Labute approximate surface area is 184 Å². The lowest BCUT2D eigenvalue weighted by Crippen LogP contribution is -2.33. The smallest absolute Gasteiger partial charge is 0.229 e. The molecule has 2 N–H and O–H groups in total. The molecule has 0 spiro atoms. The molecule has 1 fully saturated rings. The second-order valence-corrected chi connectivity index (χ2v) is 9.03. The number of aryl methyl sites for hydroxylation is 1. The van der Waals surface area contributed by atoms with Crippen LogP contribution in [-0.4, -0.2) is 21.7 Å². The summed E-state index contributed by atoms with van der Waals surface area (Å²) in [5.74, 6) is 1.40. The van der Waals surface area contributed by atoms with Crippen LogP contribution < -0.4 is 10.6 Å². The Morgan fingerprint density at radius 1 is 1.03 bits per heavy atom. The first-order valence-corrected chi connectivity index (χ1v) is 11.6. The molecule has 4 nitrogen and oxygen atoms in total. The van der Waals surface area contributed by atoms with Crippen molar-refractivity contribution in [3.8, 4) is 0 Å². The number of aromatic nitrogens is 2. The SMILES string of the molecule is CCCCCc1cccc(Nc2nc(NC3CCC(C)(F)CC3)c3ccccc3n2)c1. The minimum Gasteiger partial charge on any atom is -0.367 e. The third kappa shape index (κ3) is 5.72. The van der Waals surface area contributed by atoms with E-state index >= 15 is 0 Å². The van der Waals surface area contributed by atoms with Gasteiger partial charge in [-0.05, 0) is 75.3 Å². The molecule has 5 heteroatoms. The van der Waals surface area contributed by atoms with E-state index in [2.05, 4.69) is 41.8 Å². The Balaban J connectivity index is 1.54. The first-order chi connectivity index (χ1) is 15.0. The summed E-state index contributed by atoms with van der Waals surface area (Å²) < 4.78 is 14.2. The van der Waals surface area contributed by atoms with Gasteiger partial charge in [0.15, 0.2) is 0 Å². The largest absolute Gasteiger partial charge is 0.367 e. The average molecular weight is 421 g/mol. The van der Waals surface area contributed by atoms with E-state index in [-0.39, 0.29) is 6.04 Å². The second kappa shape index (κ2) is 9.63. The topological polar surface area (TPSA) is 49.8 Å². The van der Waals surface area contributed by atoms with Crippen LogP contribution in [0.15, 0.2) is 48.5 Å². The molecule has 0 bridgehead atoms. The third-order valence-electron chi connectivity index (χ3n) is 6.22. The molecule has 4 rings (SSSR count). The molecule has 1 aliphatic carbocycles. The number of nitrogens with zero attached hydrogens (tertiary/aromatic N) is 2. The number of halogens is 1. The second-order valence-electron chi connectivity index (χ2n) is 9.03. The van der Waals surface area contributed by atoms with E-state index in [4.69, 9.17) is 9.97 Å². The third-order valence-corrected chi connectivity index (χ3v) is 6.22. The van der Waals surface area contributed by atoms with Crippen LogP contribution in [0, 0.1) is 0 Å². The molecule has 1 heterocycles. The molecule has 0 radical (unpaired) electrons. The summed E-state index contributed by atoms with van der Waals surface area (Å²) in [6, 6.07) is 16.8. The summed E-state index contributed by atoms with van der Waals surface area (Å²) in [5.41, 5.74) is 2.18. The van der Waals surface area contributed by atoms with Gasteiger partial charge in [-0.15, -0.1) is 0 Å². The van der Waals surface area contributed by atoms with Crippen LogP contribution in [0.1, 0.15) is 64.4 Å². The highest BCUT2D eigenvalue weighted by molar-refractivity contribution is 5.90. The molecule has 0 amide bonds. The molecule has 1 aliphatic rings. The minimum atomic E-state index is -1.04. The average Bonchev–Trinajstić information content (AvgIpc) is 2.76. The van der Waals surface area contributed by atoms with E-state index in [1.807, 2.05) is 24.3 Å². The van der Waals surface area contributed by atoms with Gasteiger partial charge in [-0.1, -0.05) is 44.0 Å². The molecule has 0 unspecified atom stereocenters. The van der Waals surface area contributed by atoms with Crippen molar-refractivity contribution in [2.24, 2.45) is 0 Å². The monoisotopic (exact) mass is 420 g/mol. The Bertz CT molecular complexity index is 1010. The summed E-state index contributed by atoms with van der Waals surface area (Å²) in [5, 5.41) is 7.97. The van der Waals surface area contributed by atoms with Crippen molar-refractivity contribution in [3.05, 3.63) is 54.1 Å². The molecule has 164 valence electrons. The van der Waals surface area contributed by atoms with Crippen LogP contribution in [-0.2, 0) is 6.42 Å². The summed E-state index contributed by atoms with van der Waals surface area (Å²) in [4.78, 5) is 9.53. The number of fused-ring (bicyclic) bond motifs is 1. The number of hydrogen-bond donors (Lipinski definition) is 2. The molecule has 3 aromatic rings. The van der Waals surface area contributed by atoms with Crippen molar-refractivity contribution in [3.63, 3.8) is 0 Å². The minimum absolute atomic E-state index is 0.233. The first kappa shape index (κ1) is 21.5. The predicted molar refractivity (Wildman–Crippen MR) is 128 cm³/mol. The number of benzene rings is 2.